The quantitative estimate of drug-likeness (QED) is 0.676. The molecule has 0 bridgehead atoms. The summed E-state index contributed by atoms with van der Waals surface area (Å²) in [4.78, 5) is 2.37. The largest absolute Gasteiger partial charge is 0.497 e. The van der Waals surface area contributed by atoms with Gasteiger partial charge in [0.15, 0.2) is 11.5 Å². The van der Waals surface area contributed by atoms with Gasteiger partial charge in [0.2, 0.25) is 0 Å². The Labute approximate surface area is 147 Å². The summed E-state index contributed by atoms with van der Waals surface area (Å²) in [5, 5.41) is 4.81. The van der Waals surface area contributed by atoms with Crippen molar-refractivity contribution in [1.29, 1.82) is 0 Å². The second-order valence-corrected chi connectivity index (χ2v) is 6.58. The van der Waals surface area contributed by atoms with Crippen LogP contribution in [0.4, 0.5) is 0 Å². The first-order valence-electron chi connectivity index (χ1n) is 8.52. The van der Waals surface area contributed by atoms with Gasteiger partial charge in [0.1, 0.15) is 5.75 Å². The zero-order valence-electron chi connectivity index (χ0n) is 15.2. The van der Waals surface area contributed by atoms with Gasteiger partial charge in [-0.2, -0.15) is 0 Å². The molecular weight excluding hydrogens is 314 g/mol. The van der Waals surface area contributed by atoms with Crippen molar-refractivity contribution in [3.63, 3.8) is 0 Å². The highest BCUT2D eigenvalue weighted by atomic mass is 16.5. The van der Waals surface area contributed by atoms with E-state index < -0.39 is 0 Å². The summed E-state index contributed by atoms with van der Waals surface area (Å²) in [5.41, 5.74) is 2.80. The molecule has 4 heteroatoms. The van der Waals surface area contributed by atoms with Gasteiger partial charge in [0.25, 0.3) is 0 Å². The molecule has 25 heavy (non-hydrogen) atoms. The van der Waals surface area contributed by atoms with E-state index in [9.17, 15) is 0 Å². The predicted molar refractivity (Wildman–Crippen MR) is 101 cm³/mol. The number of hydrogen-bond donors (Lipinski definition) is 0. The molecule has 0 radical (unpaired) electrons. The highest BCUT2D eigenvalue weighted by molar-refractivity contribution is 6.14. The van der Waals surface area contributed by atoms with E-state index in [-0.39, 0.29) is 0 Å². The summed E-state index contributed by atoms with van der Waals surface area (Å²) in [6.07, 6.45) is 1.03. The van der Waals surface area contributed by atoms with E-state index in [1.54, 1.807) is 21.3 Å². The molecule has 0 aliphatic carbocycles. The second-order valence-electron chi connectivity index (χ2n) is 6.58. The van der Waals surface area contributed by atoms with Crippen molar-refractivity contribution in [1.82, 2.24) is 4.90 Å². The van der Waals surface area contributed by atoms with Crippen LogP contribution in [0.1, 0.15) is 11.1 Å². The Morgan fingerprint density at radius 3 is 2.36 bits per heavy atom. The Morgan fingerprint density at radius 1 is 0.840 bits per heavy atom. The Kier molecular flexibility index (Phi) is 3.92. The summed E-state index contributed by atoms with van der Waals surface area (Å²) in [6, 6.07) is 10.5. The van der Waals surface area contributed by atoms with E-state index in [4.69, 9.17) is 14.2 Å². The van der Waals surface area contributed by atoms with Crippen molar-refractivity contribution >= 4 is 21.5 Å². The number of fused-ring (bicyclic) bond motifs is 6. The smallest absolute Gasteiger partial charge is 0.169 e. The first-order valence-corrected chi connectivity index (χ1v) is 8.52. The van der Waals surface area contributed by atoms with Crippen molar-refractivity contribution in [2.24, 2.45) is 0 Å². The van der Waals surface area contributed by atoms with Gasteiger partial charge in [0.05, 0.1) is 21.3 Å². The van der Waals surface area contributed by atoms with Crippen molar-refractivity contribution < 1.29 is 14.2 Å². The minimum absolute atomic E-state index is 0.764. The highest BCUT2D eigenvalue weighted by Crippen LogP contribution is 2.44. The van der Waals surface area contributed by atoms with E-state index in [1.165, 1.54) is 27.3 Å². The molecule has 0 fully saturated rings. The Morgan fingerprint density at radius 2 is 1.64 bits per heavy atom. The number of rotatable bonds is 3. The zero-order valence-corrected chi connectivity index (χ0v) is 15.2. The fourth-order valence-corrected chi connectivity index (χ4v) is 4.01. The number of ether oxygens (including phenoxy) is 3. The monoisotopic (exact) mass is 337 g/mol. The molecule has 1 heterocycles. The molecule has 3 aromatic rings. The standard InChI is InChI=1S/C21H23NO3/c1-22-10-9-14-15-7-8-19(24-3)21(25-4)20(15)16-6-5-13(23-2)11-17(16)18(14)12-22/h5-8,11H,9-10,12H2,1-4H3. The lowest BCUT2D eigenvalue weighted by Crippen LogP contribution is -2.27. The maximum absolute atomic E-state index is 5.76. The topological polar surface area (TPSA) is 30.9 Å². The number of likely N-dealkylation sites (N-methyl/N-ethyl adjacent to an activating group) is 1. The van der Waals surface area contributed by atoms with Crippen LogP contribution in [-0.2, 0) is 13.0 Å². The van der Waals surface area contributed by atoms with Crippen molar-refractivity contribution in [3.8, 4) is 17.2 Å². The summed E-state index contributed by atoms with van der Waals surface area (Å²) >= 11 is 0. The van der Waals surface area contributed by atoms with Crippen molar-refractivity contribution in [2.45, 2.75) is 13.0 Å². The zero-order chi connectivity index (χ0) is 17.6. The van der Waals surface area contributed by atoms with Gasteiger partial charge in [-0.25, -0.2) is 0 Å². The number of hydrogen-bond acceptors (Lipinski definition) is 4. The summed E-state index contributed by atoms with van der Waals surface area (Å²) in [6.45, 7) is 2.01. The Bertz CT molecular complexity index is 965. The first-order chi connectivity index (χ1) is 12.2. The van der Waals surface area contributed by atoms with Gasteiger partial charge in [-0.1, -0.05) is 6.07 Å². The third-order valence-electron chi connectivity index (χ3n) is 5.23. The fraction of sp³-hybridized carbons (Fsp3) is 0.333. The Hall–Kier alpha value is -2.46. The van der Waals surface area contributed by atoms with Crippen LogP contribution < -0.4 is 14.2 Å². The van der Waals surface area contributed by atoms with Gasteiger partial charge in [-0.3, -0.25) is 0 Å². The minimum atomic E-state index is 0.764. The molecule has 1 aliphatic heterocycles. The molecule has 0 aromatic heterocycles. The number of nitrogens with zero attached hydrogens (tertiary/aromatic N) is 1. The predicted octanol–water partition coefficient (Wildman–Crippen LogP) is 4.01. The molecule has 0 spiro atoms. The summed E-state index contributed by atoms with van der Waals surface area (Å²) in [5.74, 6) is 2.45. The van der Waals surface area contributed by atoms with Crippen LogP contribution in [0, 0.1) is 0 Å². The average molecular weight is 337 g/mol. The molecule has 0 amide bonds. The van der Waals surface area contributed by atoms with Gasteiger partial charge >= 0.3 is 0 Å². The SMILES string of the molecule is COc1ccc2c(c1)c1c(c3ccc(OC)c(OC)c32)CCN(C)C1. The third-order valence-corrected chi connectivity index (χ3v) is 5.23. The third kappa shape index (κ3) is 2.40. The molecule has 0 atom stereocenters. The van der Waals surface area contributed by atoms with E-state index in [2.05, 4.69) is 30.1 Å². The van der Waals surface area contributed by atoms with Crippen LogP contribution in [0.5, 0.6) is 17.2 Å². The molecule has 4 rings (SSSR count). The van der Waals surface area contributed by atoms with E-state index in [1.807, 2.05) is 12.1 Å². The molecule has 0 unspecified atom stereocenters. The van der Waals surface area contributed by atoms with Gasteiger partial charge in [-0.15, -0.1) is 0 Å². The molecule has 130 valence electrons. The maximum atomic E-state index is 5.76. The lowest BCUT2D eigenvalue weighted by atomic mass is 9.87. The number of methoxy groups -OCH3 is 3. The van der Waals surface area contributed by atoms with E-state index >= 15 is 0 Å². The van der Waals surface area contributed by atoms with E-state index in [0.717, 1.165) is 42.1 Å². The van der Waals surface area contributed by atoms with Crippen LogP contribution in [-0.4, -0.2) is 39.8 Å². The van der Waals surface area contributed by atoms with Crippen LogP contribution in [0.3, 0.4) is 0 Å². The highest BCUT2D eigenvalue weighted by Gasteiger charge is 2.23. The van der Waals surface area contributed by atoms with Crippen molar-refractivity contribution in [3.05, 3.63) is 41.5 Å². The summed E-state index contributed by atoms with van der Waals surface area (Å²) in [7, 11) is 7.28. The first kappa shape index (κ1) is 16.0. The summed E-state index contributed by atoms with van der Waals surface area (Å²) < 4.78 is 16.8. The van der Waals surface area contributed by atoms with Gasteiger partial charge in [0, 0.05) is 18.5 Å². The fourth-order valence-electron chi connectivity index (χ4n) is 4.01. The van der Waals surface area contributed by atoms with E-state index in [0.29, 0.717) is 0 Å². The van der Waals surface area contributed by atoms with Crippen molar-refractivity contribution in [2.75, 3.05) is 34.9 Å². The normalized spacial score (nSPS) is 14.6. The minimum Gasteiger partial charge on any atom is -0.497 e. The Balaban J connectivity index is 2.20. The van der Waals surface area contributed by atoms with Crippen LogP contribution in [0.25, 0.3) is 21.5 Å². The molecule has 3 aromatic carbocycles. The van der Waals surface area contributed by atoms with Crippen LogP contribution in [0.15, 0.2) is 30.3 Å². The van der Waals surface area contributed by atoms with Crippen LogP contribution >= 0.6 is 0 Å². The molecule has 1 aliphatic rings. The van der Waals surface area contributed by atoms with Crippen LogP contribution in [0.2, 0.25) is 0 Å². The second kappa shape index (κ2) is 6.12. The molecule has 0 saturated carbocycles. The molecule has 0 N–H and O–H groups in total. The van der Waals surface area contributed by atoms with Gasteiger partial charge in [-0.05, 0) is 65.0 Å². The number of benzene rings is 3. The lowest BCUT2D eigenvalue weighted by Gasteiger charge is -2.28. The van der Waals surface area contributed by atoms with Gasteiger partial charge < -0.3 is 19.1 Å². The molecular formula is C21H23NO3. The average Bonchev–Trinajstić information content (AvgIpc) is 2.66. The molecule has 0 saturated heterocycles. The molecule has 4 nitrogen and oxygen atoms in total. The lowest BCUT2D eigenvalue weighted by molar-refractivity contribution is 0.315. The maximum Gasteiger partial charge on any atom is 0.169 e.